The molecule has 4 N–H and O–H groups in total. The first kappa shape index (κ1) is 39.7. The molecular formula is C36H37N5O8S2. The van der Waals surface area contributed by atoms with Crippen LogP contribution in [-0.4, -0.2) is 38.2 Å². The molecule has 15 heteroatoms. The van der Waals surface area contributed by atoms with Gasteiger partial charge in [-0.3, -0.25) is 9.11 Å². The number of ether oxygens (including phenoxy) is 1. The smallest absolute Gasteiger partial charge is 0.296 e. The van der Waals surface area contributed by atoms with Crippen LogP contribution in [0.2, 0.25) is 0 Å². The van der Waals surface area contributed by atoms with E-state index >= 15 is 0 Å². The molecule has 51 heavy (non-hydrogen) atoms. The molecule has 0 saturated heterocycles. The molecule has 5 aromatic rings. The van der Waals surface area contributed by atoms with E-state index in [4.69, 9.17) is 9.29 Å². The third-order valence-electron chi connectivity index (χ3n) is 6.72. The van der Waals surface area contributed by atoms with Crippen LogP contribution < -0.4 is 10.1 Å². The Hall–Kier alpha value is -5.74. The van der Waals surface area contributed by atoms with Crippen LogP contribution in [0, 0.1) is 6.92 Å². The van der Waals surface area contributed by atoms with E-state index < -0.39 is 36.6 Å². The van der Waals surface area contributed by atoms with E-state index in [1.807, 2.05) is 44.2 Å². The Morgan fingerprint density at radius 1 is 0.725 bits per heavy atom. The topological polar surface area (TPSA) is 200 Å². The number of azo groups is 2. The van der Waals surface area contributed by atoms with Crippen LogP contribution in [0.4, 0.5) is 34.1 Å². The van der Waals surface area contributed by atoms with Gasteiger partial charge in [0.2, 0.25) is 0 Å². The van der Waals surface area contributed by atoms with Crippen LogP contribution in [0.1, 0.15) is 19.4 Å². The van der Waals surface area contributed by atoms with Crippen molar-refractivity contribution in [1.29, 1.82) is 0 Å². The maximum atomic E-state index is 12.4. The molecule has 0 bridgehead atoms. The number of phenolic OH excluding ortho intramolecular Hbond substituents is 1. The highest BCUT2D eigenvalue weighted by Crippen LogP contribution is 2.43. The summed E-state index contributed by atoms with van der Waals surface area (Å²) in [6, 6.07) is 23.6. The molecule has 0 fully saturated rings. The molecule has 0 aliphatic rings. The van der Waals surface area contributed by atoms with Crippen molar-refractivity contribution in [3.8, 4) is 11.5 Å². The highest BCUT2D eigenvalue weighted by atomic mass is 32.2. The Morgan fingerprint density at radius 3 is 1.92 bits per heavy atom. The summed E-state index contributed by atoms with van der Waals surface area (Å²) in [4.78, 5) is -0.928. The zero-order chi connectivity index (χ0) is 37.8. The van der Waals surface area contributed by atoms with Crippen LogP contribution in [0.5, 0.6) is 11.5 Å². The zero-order valence-electron chi connectivity index (χ0n) is 28.2. The van der Waals surface area contributed by atoms with Crippen LogP contribution in [-0.2, 0) is 20.2 Å². The molecule has 0 unspecified atom stereocenters. The Labute approximate surface area is 296 Å². The summed E-state index contributed by atoms with van der Waals surface area (Å²) in [6.45, 7) is 12.4. The van der Waals surface area contributed by atoms with Gasteiger partial charge in [0.05, 0.1) is 23.4 Å². The van der Waals surface area contributed by atoms with Gasteiger partial charge in [-0.1, -0.05) is 57.4 Å². The maximum Gasteiger partial charge on any atom is 0.296 e. The number of aryl methyl sites for hydroxylation is 1. The molecular weight excluding hydrogens is 695 g/mol. The number of aromatic hydroxyl groups is 1. The number of hydrogen-bond donors (Lipinski definition) is 4. The van der Waals surface area contributed by atoms with Gasteiger partial charge in [0.25, 0.3) is 20.2 Å². The molecule has 0 amide bonds. The second kappa shape index (κ2) is 17.8. The summed E-state index contributed by atoms with van der Waals surface area (Å²) < 4.78 is 71.7. The first-order valence-corrected chi connectivity index (χ1v) is 18.1. The van der Waals surface area contributed by atoms with Gasteiger partial charge in [0.1, 0.15) is 22.0 Å². The summed E-state index contributed by atoms with van der Waals surface area (Å²) in [6.07, 6.45) is 3.28. The minimum Gasteiger partial charge on any atom is -0.505 e. The van der Waals surface area contributed by atoms with Crippen LogP contribution >= 0.6 is 0 Å². The number of para-hydroxylation sites is 1. The highest BCUT2D eigenvalue weighted by molar-refractivity contribution is 7.86. The number of benzene rings is 5. The molecule has 13 nitrogen and oxygen atoms in total. The molecule has 0 aliphatic carbocycles. The Balaban J connectivity index is 0.00000109. The fraction of sp³-hybridized carbons (Fsp3) is 0.111. The van der Waals surface area contributed by atoms with Crippen molar-refractivity contribution in [1.82, 2.24) is 0 Å². The molecule has 266 valence electrons. The summed E-state index contributed by atoms with van der Waals surface area (Å²) >= 11 is 0. The van der Waals surface area contributed by atoms with E-state index in [1.54, 1.807) is 43.3 Å². The van der Waals surface area contributed by atoms with E-state index in [0.29, 0.717) is 28.0 Å². The van der Waals surface area contributed by atoms with E-state index in [1.165, 1.54) is 43.5 Å². The zero-order valence-corrected chi connectivity index (χ0v) is 29.9. The van der Waals surface area contributed by atoms with E-state index in [2.05, 4.69) is 38.9 Å². The number of anilines is 2. The quantitative estimate of drug-likeness (QED) is 0.0612. The molecule has 0 spiro atoms. The fourth-order valence-corrected chi connectivity index (χ4v) is 5.46. The van der Waals surface area contributed by atoms with Crippen molar-refractivity contribution >= 4 is 65.1 Å². The van der Waals surface area contributed by atoms with Gasteiger partial charge in [-0.2, -0.15) is 27.1 Å². The molecule has 5 rings (SSSR count). The van der Waals surface area contributed by atoms with Crippen molar-refractivity contribution in [2.45, 2.75) is 30.6 Å². The van der Waals surface area contributed by atoms with Gasteiger partial charge in [0, 0.05) is 22.8 Å². The lowest BCUT2D eigenvalue weighted by atomic mass is 10.1. The number of methoxy groups -OCH3 is 1. The van der Waals surface area contributed by atoms with Crippen LogP contribution in [0.15, 0.2) is 147 Å². The standard InChI is InChI=1S/C30H25N5O8S2.C4H6.C2H6/c1-18-14-26(27(43-2)17-25(18)33-32-21-8-11-23(12-9-21)44(37,38)39)34-35-29-28(45(40,41)42)16-19-15-22(10-13-24(19)30(29)36)31-20-6-4-3-5-7-20;1-3-4-2;1-2/h3-17,31,36H,1-2H3,(H,37,38,39)(H,40,41,42);3-4H,1-2H2;1-2H3. The highest BCUT2D eigenvalue weighted by Gasteiger charge is 2.22. The molecule has 0 saturated carbocycles. The third kappa shape index (κ3) is 10.6. The lowest BCUT2D eigenvalue weighted by molar-refractivity contribution is 0.416. The van der Waals surface area contributed by atoms with Crippen LogP contribution in [0.25, 0.3) is 10.8 Å². The monoisotopic (exact) mass is 731 g/mol. The number of fused-ring (bicyclic) bond motifs is 1. The van der Waals surface area contributed by atoms with Crippen molar-refractivity contribution in [3.05, 3.63) is 122 Å². The van der Waals surface area contributed by atoms with E-state index in [9.17, 15) is 26.5 Å². The summed E-state index contributed by atoms with van der Waals surface area (Å²) in [7, 11) is -7.81. The number of rotatable bonds is 10. The Kier molecular flexibility index (Phi) is 13.8. The first-order chi connectivity index (χ1) is 24.2. The number of phenols is 1. The van der Waals surface area contributed by atoms with Gasteiger partial charge in [-0.25, -0.2) is 0 Å². The van der Waals surface area contributed by atoms with Gasteiger partial charge < -0.3 is 15.2 Å². The molecule has 0 radical (unpaired) electrons. The number of nitrogens with one attached hydrogen (secondary N) is 1. The molecule has 5 aromatic carbocycles. The van der Waals surface area contributed by atoms with Gasteiger partial charge in [-0.15, -0.1) is 10.2 Å². The summed E-state index contributed by atoms with van der Waals surface area (Å²) in [5, 5.41) is 31.2. The van der Waals surface area contributed by atoms with Crippen molar-refractivity contribution < 1.29 is 35.8 Å². The number of hydrogen-bond acceptors (Lipinski definition) is 11. The molecule has 0 heterocycles. The largest absolute Gasteiger partial charge is 0.505 e. The third-order valence-corrected chi connectivity index (χ3v) is 8.46. The second-order valence-electron chi connectivity index (χ2n) is 10.1. The Morgan fingerprint density at radius 2 is 1.35 bits per heavy atom. The average molecular weight is 732 g/mol. The number of nitrogens with zero attached hydrogens (tertiary/aromatic N) is 4. The lowest BCUT2D eigenvalue weighted by Gasteiger charge is -2.12. The SMILES string of the molecule is C=CC=C.CC.COc1cc(N=Nc2ccc(S(=O)(=O)O)cc2)c(C)cc1N=Nc1c(S(=O)(=O)O)cc2cc(Nc3ccccc3)ccc2c1O. The predicted molar refractivity (Wildman–Crippen MR) is 199 cm³/mol. The predicted octanol–water partition coefficient (Wildman–Crippen LogP) is 10.3. The Bertz CT molecular complexity index is 2290. The second-order valence-corrected chi connectivity index (χ2v) is 12.9. The van der Waals surface area contributed by atoms with Gasteiger partial charge in [-0.05, 0) is 84.6 Å². The van der Waals surface area contributed by atoms with Crippen molar-refractivity contribution in [2.75, 3.05) is 12.4 Å². The molecule has 0 aliphatic heterocycles. The summed E-state index contributed by atoms with van der Waals surface area (Å²) in [5.41, 5.74) is 2.37. The first-order valence-electron chi connectivity index (χ1n) is 15.2. The maximum absolute atomic E-state index is 12.4. The minimum atomic E-state index is -4.84. The van der Waals surface area contributed by atoms with E-state index in [-0.39, 0.29) is 21.7 Å². The lowest BCUT2D eigenvalue weighted by Crippen LogP contribution is -1.99. The molecule has 0 aromatic heterocycles. The molecule has 0 atom stereocenters. The van der Waals surface area contributed by atoms with Gasteiger partial charge >= 0.3 is 0 Å². The fourth-order valence-electron chi connectivity index (χ4n) is 4.32. The summed E-state index contributed by atoms with van der Waals surface area (Å²) in [5.74, 6) is -0.318. The minimum absolute atomic E-state index is 0.162. The van der Waals surface area contributed by atoms with Gasteiger partial charge in [0.15, 0.2) is 5.75 Å². The van der Waals surface area contributed by atoms with Crippen molar-refractivity contribution in [3.63, 3.8) is 0 Å². The van der Waals surface area contributed by atoms with E-state index in [0.717, 1.165) is 5.69 Å². The number of allylic oxidation sites excluding steroid dienone is 2. The normalized spacial score (nSPS) is 11.3. The van der Waals surface area contributed by atoms with Crippen molar-refractivity contribution in [2.24, 2.45) is 20.5 Å². The van der Waals surface area contributed by atoms with Crippen LogP contribution in [0.3, 0.4) is 0 Å². The average Bonchev–Trinajstić information content (AvgIpc) is 3.11.